The highest BCUT2D eigenvalue weighted by Gasteiger charge is 2.35. The van der Waals surface area contributed by atoms with Crippen molar-refractivity contribution < 1.29 is 73.2 Å². The van der Waals surface area contributed by atoms with Gasteiger partial charge in [0.1, 0.15) is 28.6 Å². The predicted octanol–water partition coefficient (Wildman–Crippen LogP) is 22.4. The van der Waals surface area contributed by atoms with Gasteiger partial charge in [0, 0.05) is 76.0 Å². The lowest BCUT2D eigenvalue weighted by Crippen LogP contribution is -2.05. The minimum Gasteiger partial charge on any atom is -0.507 e. The number of halogens is 6. The number of nitrogens with zero attached hydrogens (tertiary/aromatic N) is 2. The number of unbranched alkanes of at least 4 members (excludes halogenated alkanes) is 2. The number of phenols is 1. The molecule has 4 fully saturated rings. The monoisotopic (exact) mass is 1710 g/mol. The van der Waals surface area contributed by atoms with Gasteiger partial charge in [-0.15, -0.1) is 46.4 Å². The number of aromatic hydroxyl groups is 1. The molecule has 17 nitrogen and oxygen atoms in total. The smallest absolute Gasteiger partial charge is 0.388 e. The number of epoxide rings is 4. The van der Waals surface area contributed by atoms with Crippen LogP contribution in [0.1, 0.15) is 238 Å². The summed E-state index contributed by atoms with van der Waals surface area (Å²) < 4.78 is 43.9. The Hall–Kier alpha value is -4.50. The number of hydrogen-bond donors (Lipinski definition) is 5. The lowest BCUT2D eigenvalue weighted by molar-refractivity contribution is 0.111. The number of carbonyl (C=O) groups is 2. The summed E-state index contributed by atoms with van der Waals surface area (Å²) >= 11 is 25.8. The van der Waals surface area contributed by atoms with Crippen molar-refractivity contribution in [2.45, 2.75) is 271 Å². The molecule has 107 heavy (non-hydrogen) atoms. The highest BCUT2D eigenvalue weighted by Crippen LogP contribution is 2.34. The van der Waals surface area contributed by atoms with Crippen molar-refractivity contribution in [1.82, 2.24) is 0 Å². The lowest BCUT2D eigenvalue weighted by Gasteiger charge is -2.15. The molecule has 4 aliphatic rings. The maximum absolute atomic E-state index is 11.1. The molecule has 0 spiro atoms. The summed E-state index contributed by atoms with van der Waals surface area (Å²) in [6.45, 7) is 45.8. The van der Waals surface area contributed by atoms with Crippen LogP contribution in [-0.2, 0) is 23.7 Å². The fraction of sp³-hybridized carbons (Fsp3) is 0.619. The molecule has 5 N–H and O–H groups in total. The van der Waals surface area contributed by atoms with E-state index in [9.17, 15) is 14.7 Å². The van der Waals surface area contributed by atoms with Crippen LogP contribution in [0.15, 0.2) is 53.7 Å². The Kier molecular flexibility index (Phi) is 65.9. The van der Waals surface area contributed by atoms with Crippen molar-refractivity contribution in [3.63, 3.8) is 0 Å². The Labute approximate surface area is 681 Å². The number of aryl methyl sites for hydroxylation is 8. The zero-order valence-corrected chi connectivity index (χ0v) is 74.4. The maximum atomic E-state index is 11.1. The SMILES string of the molecule is C/C=C/CCCBr.C/C=C/CCCO.CC1OC1CCCBr.CCO.CCOCC.Cc1cc(C)c(C=O)c(C)c1O.Cc1cc(C)c(OCCCC2OC2C)c(C)c1/C=N/O.Cc1cc(C)c(OCCCC2OC2C)c(C)c1C#[N+]O.Cc1cc(C)c(OCCCC2OC2C)c(C)c1C=O.ClCCl.ClCCl. The number of aldehydes is 2. The lowest BCUT2D eigenvalue weighted by atomic mass is 9.99. The third-order valence-electron chi connectivity index (χ3n) is 16.9. The number of hydrogen-bond acceptors (Lipinski definition) is 16. The Morgan fingerprint density at radius 3 is 1.13 bits per heavy atom. The second-order valence-corrected chi connectivity index (χ2v) is 28.8. The van der Waals surface area contributed by atoms with E-state index < -0.39 is 0 Å². The fourth-order valence-electron chi connectivity index (χ4n) is 11.0. The molecule has 8 unspecified atom stereocenters. The molecule has 0 aliphatic carbocycles. The van der Waals surface area contributed by atoms with E-state index >= 15 is 0 Å². The summed E-state index contributed by atoms with van der Waals surface area (Å²) in [5.41, 5.74) is 14.8. The molecule has 0 saturated carbocycles. The average molecular weight is 1710 g/mol. The van der Waals surface area contributed by atoms with Gasteiger partial charge in [-0.1, -0.05) is 85.6 Å². The predicted molar refractivity (Wildman–Crippen MR) is 454 cm³/mol. The van der Waals surface area contributed by atoms with E-state index in [2.05, 4.69) is 100 Å². The van der Waals surface area contributed by atoms with E-state index in [4.69, 9.17) is 105 Å². The van der Waals surface area contributed by atoms with Crippen molar-refractivity contribution in [3.05, 3.63) is 143 Å². The number of phenolic OH excluding ortho intramolecular Hbond substituents is 1. The second-order valence-electron chi connectivity index (χ2n) is 25.6. The van der Waals surface area contributed by atoms with E-state index in [1.807, 2.05) is 128 Å². The summed E-state index contributed by atoms with van der Waals surface area (Å²) in [7, 11) is 0. The minimum atomic E-state index is 0.194. The number of carbonyl (C=O) groups excluding carboxylic acids is 2. The van der Waals surface area contributed by atoms with Gasteiger partial charge in [-0.2, -0.15) is 5.21 Å². The zero-order valence-electron chi connectivity index (χ0n) is 68.2. The average Bonchev–Trinajstić information content (AvgIpc) is 1.75. The third-order valence-corrected chi connectivity index (χ3v) is 18.0. The van der Waals surface area contributed by atoms with E-state index in [-0.39, 0.29) is 23.0 Å². The van der Waals surface area contributed by atoms with Gasteiger partial charge >= 0.3 is 6.07 Å². The van der Waals surface area contributed by atoms with Gasteiger partial charge in [-0.3, -0.25) is 9.59 Å². The number of allylic oxidation sites excluding steroid dienone is 4. The molecule has 0 aromatic heterocycles. The summed E-state index contributed by atoms with van der Waals surface area (Å²) in [4.78, 5) is 21.7. The summed E-state index contributed by atoms with van der Waals surface area (Å²) in [5, 5.41) is 51.5. The largest absolute Gasteiger partial charge is 0.507 e. The van der Waals surface area contributed by atoms with Crippen LogP contribution in [0.3, 0.4) is 0 Å². The number of oxime groups is 1. The molecule has 0 amide bonds. The van der Waals surface area contributed by atoms with Crippen LogP contribution in [0.25, 0.3) is 5.01 Å². The summed E-state index contributed by atoms with van der Waals surface area (Å²) in [6.07, 6.45) is 28.1. The van der Waals surface area contributed by atoms with Gasteiger partial charge < -0.3 is 58.4 Å². The van der Waals surface area contributed by atoms with Gasteiger partial charge in [-0.25, -0.2) is 0 Å². The van der Waals surface area contributed by atoms with E-state index in [1.54, 1.807) is 13.8 Å². The fourth-order valence-corrected chi connectivity index (χ4v) is 11.6. The van der Waals surface area contributed by atoms with Gasteiger partial charge in [0.2, 0.25) is 5.01 Å². The molecule has 4 aromatic carbocycles. The summed E-state index contributed by atoms with van der Waals surface area (Å²) in [6, 6.07) is 10.5. The van der Waals surface area contributed by atoms with Gasteiger partial charge in [0.05, 0.1) is 85.5 Å². The Balaban J connectivity index is -0.00000118. The topological polar surface area (TPSA) is 239 Å². The first kappa shape index (κ1) is 107. The van der Waals surface area contributed by atoms with Crippen molar-refractivity contribution in [1.29, 1.82) is 0 Å². The quantitative estimate of drug-likeness (QED) is 0.00497. The highest BCUT2D eigenvalue weighted by molar-refractivity contribution is 9.09. The highest BCUT2D eigenvalue weighted by atomic mass is 79.9. The first-order chi connectivity index (χ1) is 51.0. The van der Waals surface area contributed by atoms with Crippen LogP contribution >= 0.6 is 78.3 Å². The van der Waals surface area contributed by atoms with Crippen LogP contribution < -0.4 is 14.2 Å². The molecule has 4 heterocycles. The molecule has 8 rings (SSSR count). The first-order valence-electron chi connectivity index (χ1n) is 37.2. The van der Waals surface area contributed by atoms with Crippen LogP contribution in [0.4, 0.5) is 0 Å². The van der Waals surface area contributed by atoms with Crippen molar-refractivity contribution in [3.8, 4) is 29.1 Å². The van der Waals surface area contributed by atoms with Gasteiger partial charge in [0.25, 0.3) is 0 Å². The molecule has 4 aromatic rings. The Morgan fingerprint density at radius 2 is 0.822 bits per heavy atom. The van der Waals surface area contributed by atoms with Crippen LogP contribution in [0, 0.1) is 89.2 Å². The molecule has 0 radical (unpaired) electrons. The van der Waals surface area contributed by atoms with E-state index in [1.165, 1.54) is 31.9 Å². The van der Waals surface area contributed by atoms with Crippen LogP contribution in [-0.4, -0.2) is 161 Å². The normalized spacial score (nSPS) is 17.6. The van der Waals surface area contributed by atoms with E-state index in [0.717, 1.165) is 183 Å². The molecule has 4 saturated heterocycles. The van der Waals surface area contributed by atoms with Gasteiger partial charge in [0.15, 0.2) is 12.6 Å². The van der Waals surface area contributed by atoms with Crippen molar-refractivity contribution in [2.75, 3.05) is 67.6 Å². The third kappa shape index (κ3) is 48.1. The standard InChI is InChI=1S/C16H23NO3.C16H21NO3.C16H22O3.C10H12O2.C6H11BrO.C6H11Br.C6H12O.C4H10O.C2H6O.2CH2Cl2/c2*1-10-8-11(2)16(12(3)14(10)9-17-18)19-7-5-6-15-13(4)20-15;1-10-8-11(2)16(12(3)14(10)9-17)18-7-5-6-15-13(4)19-15;1-6-4-7(2)10(12)8(3)9(6)5-11;1-5-6(8-5)3-2-4-7;2*1-2-3-4-5-6-7;1-3-5-4-2;1-2-3;2*2-1-3/h8-9,13,15,18H,5-7H2,1-4H3;8,13,15H,5-7H2,1-4H3;8-9,13,15H,5-7H2,1-4H3;4-5,12H,1-3H3;5-6H,2-4H2,1H3;2-3H,4-6H2,1H3;2-3,7H,4-6H2,1H3;3-4H2,1-2H3;3H,2H2,1H3;2*1H2/p+1/b17-9+;;;;;2*3-2+;;;;. The number of rotatable bonds is 29. The Bertz CT molecular complexity index is 3180. The summed E-state index contributed by atoms with van der Waals surface area (Å²) in [5.74, 6) is 2.85. The van der Waals surface area contributed by atoms with Crippen molar-refractivity contribution in [2.24, 2.45) is 5.16 Å². The van der Waals surface area contributed by atoms with E-state index in [0.29, 0.717) is 86.4 Å². The van der Waals surface area contributed by atoms with Gasteiger partial charge in [-0.05, 0) is 267 Å². The van der Waals surface area contributed by atoms with Crippen LogP contribution in [0.5, 0.6) is 23.0 Å². The minimum absolute atomic E-state index is 0.194. The van der Waals surface area contributed by atoms with Crippen LogP contribution in [0.2, 0.25) is 0 Å². The maximum Gasteiger partial charge on any atom is 0.388 e. The zero-order chi connectivity index (χ0) is 82.0. The molecular formula is C84H133Br2Cl4N2O15+. The first-order valence-corrected chi connectivity index (χ1v) is 41.6. The molecule has 4 aliphatic heterocycles. The molecule has 23 heteroatoms. The van der Waals surface area contributed by atoms with Crippen molar-refractivity contribution >= 4 is 97.1 Å². The molecular weight excluding hydrogens is 1580 g/mol. The molecule has 8 atom stereocenters. The molecule has 0 bridgehead atoms. The number of aliphatic hydroxyl groups excluding tert-OH is 2. The Morgan fingerprint density at radius 1 is 0.505 bits per heavy atom. The second kappa shape index (κ2) is 66.1. The number of ether oxygens (including phenoxy) is 8. The molecule has 610 valence electrons. The number of aliphatic hydroxyl groups is 2. The number of alkyl halides is 6. The number of benzene rings is 4.